The number of hydrogen-bond donors (Lipinski definition) is 0. The van der Waals surface area contributed by atoms with Crippen molar-refractivity contribution in [3.63, 3.8) is 0 Å². The topological polar surface area (TPSA) is 59.5 Å². The Morgan fingerprint density at radius 1 is 1.07 bits per heavy atom. The standard InChI is InChI=1S/C21H17ClN2O3S.C2H6/c1-24(21-23-18(13-28-21)15-10-6-7-11-17(15)22)20(26)16(12-19(25)27-2)14-8-4-3-5-9-14;1-2/h3-13H,1-2H3;1-2H3/b16-12-;. The van der Waals surface area contributed by atoms with Crippen LogP contribution in [0.15, 0.2) is 66.1 Å². The van der Waals surface area contributed by atoms with Gasteiger partial charge in [0.2, 0.25) is 0 Å². The maximum atomic E-state index is 13.1. The van der Waals surface area contributed by atoms with Gasteiger partial charge in [-0.05, 0) is 11.6 Å². The number of esters is 1. The molecule has 0 spiro atoms. The lowest BCUT2D eigenvalue weighted by Gasteiger charge is -2.16. The maximum Gasteiger partial charge on any atom is 0.331 e. The lowest BCUT2D eigenvalue weighted by Crippen LogP contribution is -2.27. The third-order valence-electron chi connectivity index (χ3n) is 4.01. The van der Waals surface area contributed by atoms with E-state index in [-0.39, 0.29) is 11.5 Å². The number of anilines is 1. The van der Waals surface area contributed by atoms with E-state index in [0.29, 0.717) is 21.4 Å². The van der Waals surface area contributed by atoms with Crippen LogP contribution in [0.1, 0.15) is 19.4 Å². The van der Waals surface area contributed by atoms with Crippen LogP contribution in [0.25, 0.3) is 16.8 Å². The summed E-state index contributed by atoms with van der Waals surface area (Å²) < 4.78 is 4.70. The van der Waals surface area contributed by atoms with E-state index in [9.17, 15) is 9.59 Å². The van der Waals surface area contributed by atoms with Gasteiger partial charge in [0.25, 0.3) is 5.91 Å². The zero-order valence-electron chi connectivity index (χ0n) is 17.3. The summed E-state index contributed by atoms with van der Waals surface area (Å²) >= 11 is 7.56. The Balaban J connectivity index is 0.00000155. The number of methoxy groups -OCH3 is 1. The van der Waals surface area contributed by atoms with Crippen LogP contribution in [0.4, 0.5) is 5.13 Å². The number of likely N-dealkylation sites (N-methyl/N-ethyl adjacent to an activating group) is 1. The summed E-state index contributed by atoms with van der Waals surface area (Å²) in [7, 11) is 2.89. The molecule has 0 radical (unpaired) electrons. The molecule has 2 aromatic carbocycles. The number of thiazole rings is 1. The van der Waals surface area contributed by atoms with Crippen molar-refractivity contribution in [1.29, 1.82) is 0 Å². The predicted molar refractivity (Wildman–Crippen MR) is 124 cm³/mol. The number of hydrogen-bond acceptors (Lipinski definition) is 5. The molecule has 0 atom stereocenters. The number of amides is 1. The molecule has 0 aliphatic rings. The zero-order valence-corrected chi connectivity index (χ0v) is 18.8. The monoisotopic (exact) mass is 442 g/mol. The molecule has 0 saturated heterocycles. The number of ether oxygens (including phenoxy) is 1. The van der Waals surface area contributed by atoms with Crippen molar-refractivity contribution >= 4 is 45.5 Å². The molecular weight excluding hydrogens is 420 g/mol. The van der Waals surface area contributed by atoms with E-state index in [4.69, 9.17) is 16.3 Å². The first kappa shape index (κ1) is 23.3. The molecule has 0 N–H and O–H groups in total. The molecule has 7 heteroatoms. The van der Waals surface area contributed by atoms with Crippen LogP contribution in [0.2, 0.25) is 5.02 Å². The first-order valence-corrected chi connectivity index (χ1v) is 10.6. The minimum atomic E-state index is -0.600. The molecule has 0 aliphatic carbocycles. The molecule has 3 rings (SSSR count). The van der Waals surface area contributed by atoms with Crippen molar-refractivity contribution in [3.05, 3.63) is 76.6 Å². The van der Waals surface area contributed by atoms with Crippen LogP contribution < -0.4 is 4.90 Å². The van der Waals surface area contributed by atoms with Crippen molar-refractivity contribution in [3.8, 4) is 11.3 Å². The SMILES string of the molecule is CC.COC(=O)/C=C(\C(=O)N(C)c1nc(-c2ccccc2Cl)cs1)c1ccccc1. The van der Waals surface area contributed by atoms with Crippen LogP contribution in [-0.4, -0.2) is 31.0 Å². The largest absolute Gasteiger partial charge is 0.466 e. The van der Waals surface area contributed by atoms with Gasteiger partial charge in [0, 0.05) is 29.1 Å². The number of rotatable bonds is 5. The average molecular weight is 443 g/mol. The second kappa shape index (κ2) is 11.3. The molecule has 0 aliphatic heterocycles. The molecular formula is C23H23ClN2O3S. The highest BCUT2D eigenvalue weighted by Gasteiger charge is 2.22. The van der Waals surface area contributed by atoms with Gasteiger partial charge in [-0.2, -0.15) is 0 Å². The fourth-order valence-corrected chi connectivity index (χ4v) is 3.56. The summed E-state index contributed by atoms with van der Waals surface area (Å²) in [5.41, 5.74) is 2.32. The Hall–Kier alpha value is -2.96. The minimum Gasteiger partial charge on any atom is -0.466 e. The van der Waals surface area contributed by atoms with E-state index in [1.807, 2.05) is 43.5 Å². The van der Waals surface area contributed by atoms with E-state index >= 15 is 0 Å². The highest BCUT2D eigenvalue weighted by atomic mass is 35.5. The van der Waals surface area contributed by atoms with Crippen molar-refractivity contribution in [2.75, 3.05) is 19.1 Å². The van der Waals surface area contributed by atoms with E-state index in [1.165, 1.54) is 29.4 Å². The van der Waals surface area contributed by atoms with Crippen LogP contribution >= 0.6 is 22.9 Å². The molecule has 1 heterocycles. The molecule has 0 saturated carbocycles. The molecule has 0 bridgehead atoms. The van der Waals surface area contributed by atoms with Crippen LogP contribution in [0.3, 0.4) is 0 Å². The van der Waals surface area contributed by atoms with Gasteiger partial charge >= 0.3 is 5.97 Å². The van der Waals surface area contributed by atoms with Crippen molar-refractivity contribution in [2.45, 2.75) is 13.8 Å². The molecule has 1 amide bonds. The molecule has 0 fully saturated rings. The summed E-state index contributed by atoms with van der Waals surface area (Å²) in [5, 5.41) is 2.92. The van der Waals surface area contributed by atoms with Gasteiger partial charge in [0.15, 0.2) is 5.13 Å². The van der Waals surface area contributed by atoms with Gasteiger partial charge in [-0.25, -0.2) is 9.78 Å². The number of carbonyl (C=O) groups excluding carboxylic acids is 2. The molecule has 1 aromatic heterocycles. The first-order valence-electron chi connectivity index (χ1n) is 9.35. The van der Waals surface area contributed by atoms with E-state index in [2.05, 4.69) is 4.98 Å². The fraction of sp³-hybridized carbons (Fsp3) is 0.174. The summed E-state index contributed by atoms with van der Waals surface area (Å²) in [4.78, 5) is 30.8. The minimum absolute atomic E-state index is 0.226. The molecule has 5 nitrogen and oxygen atoms in total. The summed E-state index contributed by atoms with van der Waals surface area (Å²) in [6.07, 6.45) is 1.19. The molecule has 156 valence electrons. The second-order valence-electron chi connectivity index (χ2n) is 5.81. The Labute approximate surface area is 185 Å². The Morgan fingerprint density at radius 3 is 2.33 bits per heavy atom. The van der Waals surface area contributed by atoms with E-state index in [1.54, 1.807) is 37.4 Å². The van der Waals surface area contributed by atoms with Crippen molar-refractivity contribution in [1.82, 2.24) is 4.98 Å². The lowest BCUT2D eigenvalue weighted by atomic mass is 10.0. The molecule has 30 heavy (non-hydrogen) atoms. The first-order chi connectivity index (χ1) is 14.5. The lowest BCUT2D eigenvalue weighted by molar-refractivity contribution is -0.135. The van der Waals surface area contributed by atoms with Crippen LogP contribution in [0, 0.1) is 0 Å². The van der Waals surface area contributed by atoms with Crippen molar-refractivity contribution < 1.29 is 14.3 Å². The highest BCUT2D eigenvalue weighted by molar-refractivity contribution is 7.14. The quantitative estimate of drug-likeness (QED) is 0.375. The zero-order chi connectivity index (χ0) is 22.1. The smallest absolute Gasteiger partial charge is 0.331 e. The van der Waals surface area contributed by atoms with Gasteiger partial charge < -0.3 is 4.74 Å². The van der Waals surface area contributed by atoms with Gasteiger partial charge in [-0.3, -0.25) is 9.69 Å². The van der Waals surface area contributed by atoms with E-state index in [0.717, 1.165) is 5.56 Å². The Morgan fingerprint density at radius 2 is 1.70 bits per heavy atom. The maximum absolute atomic E-state index is 13.1. The summed E-state index contributed by atoms with van der Waals surface area (Å²) in [6.45, 7) is 4.00. The van der Waals surface area contributed by atoms with Gasteiger partial charge in [0.1, 0.15) is 0 Å². The van der Waals surface area contributed by atoms with Crippen molar-refractivity contribution in [2.24, 2.45) is 0 Å². The van der Waals surface area contributed by atoms with E-state index < -0.39 is 5.97 Å². The predicted octanol–water partition coefficient (Wildman–Crippen LogP) is 5.71. The number of halogens is 1. The van der Waals surface area contributed by atoms with Crippen LogP contribution in [0.5, 0.6) is 0 Å². The second-order valence-corrected chi connectivity index (χ2v) is 7.05. The third-order valence-corrected chi connectivity index (χ3v) is 5.26. The molecule has 3 aromatic rings. The Bertz CT molecular complexity index is 1030. The summed E-state index contributed by atoms with van der Waals surface area (Å²) in [5.74, 6) is -0.965. The average Bonchev–Trinajstić information content (AvgIpc) is 3.28. The number of carbonyl (C=O) groups is 2. The number of benzene rings is 2. The Kier molecular flexibility index (Phi) is 8.77. The van der Waals surface area contributed by atoms with Gasteiger partial charge in [-0.15, -0.1) is 11.3 Å². The van der Waals surface area contributed by atoms with Gasteiger partial charge in [-0.1, -0.05) is 74.0 Å². The summed E-state index contributed by atoms with van der Waals surface area (Å²) in [6, 6.07) is 16.3. The highest BCUT2D eigenvalue weighted by Crippen LogP contribution is 2.32. The van der Waals surface area contributed by atoms with Gasteiger partial charge in [0.05, 0.1) is 18.4 Å². The molecule has 0 unspecified atom stereocenters. The third kappa shape index (κ3) is 5.55. The normalized spacial score (nSPS) is 10.6. The van der Waals surface area contributed by atoms with Crippen LogP contribution in [-0.2, 0) is 14.3 Å². The number of aromatic nitrogens is 1. The number of nitrogens with zero attached hydrogens (tertiary/aromatic N) is 2. The fourth-order valence-electron chi connectivity index (χ4n) is 2.54.